The van der Waals surface area contributed by atoms with Crippen molar-refractivity contribution in [3.63, 3.8) is 0 Å². The molecular formula is C23H26N5NaO7S. The monoisotopic (exact) mass is 539 g/mol. The van der Waals surface area contributed by atoms with E-state index in [-0.39, 0.29) is 42.6 Å². The number of hydrogen-bond donors (Lipinski definition) is 2. The third-order valence-electron chi connectivity index (χ3n) is 6.56. The van der Waals surface area contributed by atoms with Gasteiger partial charge in [0.05, 0.1) is 12.0 Å². The minimum atomic E-state index is -1.37. The molecule has 0 spiro atoms. The second kappa shape index (κ2) is 11.0. The number of urea groups is 1. The number of rotatable bonds is 6. The Kier molecular flexibility index (Phi) is 8.62. The van der Waals surface area contributed by atoms with Gasteiger partial charge in [0, 0.05) is 24.4 Å². The Hall–Kier alpha value is -2.61. The first kappa shape index (κ1) is 29.0. The van der Waals surface area contributed by atoms with Crippen molar-refractivity contribution in [1.29, 1.82) is 0 Å². The molecule has 3 fully saturated rings. The summed E-state index contributed by atoms with van der Waals surface area (Å²) < 4.78 is -0.820. The molecule has 0 aliphatic carbocycles. The average molecular weight is 540 g/mol. The third-order valence-corrected chi connectivity index (χ3v) is 8.13. The maximum absolute atomic E-state index is 13.3. The van der Waals surface area contributed by atoms with Crippen LogP contribution in [0.3, 0.4) is 0 Å². The molecule has 0 bridgehead atoms. The van der Waals surface area contributed by atoms with E-state index >= 15 is 0 Å². The second-order valence-corrected chi connectivity index (χ2v) is 11.0. The smallest absolute Gasteiger partial charge is 0.548 e. The van der Waals surface area contributed by atoms with Crippen molar-refractivity contribution in [2.75, 3.05) is 19.6 Å². The van der Waals surface area contributed by atoms with E-state index < -0.39 is 63.9 Å². The first-order valence-corrected chi connectivity index (χ1v) is 12.3. The van der Waals surface area contributed by atoms with Gasteiger partial charge in [-0.2, -0.15) is 0 Å². The van der Waals surface area contributed by atoms with Crippen molar-refractivity contribution in [2.45, 2.75) is 49.0 Å². The van der Waals surface area contributed by atoms with Crippen LogP contribution in [-0.4, -0.2) is 92.2 Å². The predicted octanol–water partition coefficient (Wildman–Crippen LogP) is -4.57. The number of nitrogens with zero attached hydrogens (tertiary/aromatic N) is 3. The number of β-lactam (4-membered cyclic amide) rings is 1. The molecule has 3 aliphatic heterocycles. The summed E-state index contributed by atoms with van der Waals surface area (Å²) in [7, 11) is 0. The van der Waals surface area contributed by atoms with Crippen molar-refractivity contribution in [3.8, 4) is 0 Å². The third kappa shape index (κ3) is 5.22. The van der Waals surface area contributed by atoms with E-state index in [0.29, 0.717) is 12.1 Å². The first-order chi connectivity index (χ1) is 17.0. The van der Waals surface area contributed by atoms with Crippen LogP contribution < -0.4 is 45.3 Å². The molecule has 0 aromatic heterocycles. The van der Waals surface area contributed by atoms with Gasteiger partial charge in [-0.25, -0.2) is 4.79 Å². The molecule has 6 amide bonds. The Morgan fingerprint density at radius 2 is 1.76 bits per heavy atom. The van der Waals surface area contributed by atoms with Crippen LogP contribution in [0.15, 0.2) is 30.3 Å². The van der Waals surface area contributed by atoms with Gasteiger partial charge in [-0.1, -0.05) is 30.3 Å². The molecule has 0 saturated carbocycles. The SMILES string of the molecule is CCN1CCN(C(=O)N[C@@H](C(=O)N[C@H]2C(=O)N3[C@@H]2SC(C)(C)[C@H]3C(=O)[O-])c2ccccc2)C(=O)C1=O.[Na+]. The van der Waals surface area contributed by atoms with Crippen molar-refractivity contribution in [3.05, 3.63) is 35.9 Å². The number of carbonyl (C=O) groups excluding carboxylic acids is 6. The van der Waals surface area contributed by atoms with Crippen LogP contribution in [0, 0.1) is 0 Å². The second-order valence-electron chi connectivity index (χ2n) is 9.20. The van der Waals surface area contributed by atoms with Crippen LogP contribution >= 0.6 is 11.8 Å². The molecular weight excluding hydrogens is 513 g/mol. The molecule has 4 rings (SSSR count). The average Bonchev–Trinajstić information content (AvgIpc) is 3.10. The van der Waals surface area contributed by atoms with E-state index in [2.05, 4.69) is 10.6 Å². The topological polar surface area (TPSA) is 159 Å². The number of hydrogen-bond acceptors (Lipinski definition) is 8. The summed E-state index contributed by atoms with van der Waals surface area (Å²) in [6.07, 6.45) is 0. The molecule has 0 unspecified atom stereocenters. The number of aliphatic carboxylic acids is 1. The minimum absolute atomic E-state index is 0. The standard InChI is InChI=1S/C23H27N5O7S.Na/c1-4-26-10-11-27(19(32)18(26)31)22(35)25-13(12-8-6-5-7-9-12)16(29)24-14-17(30)28-15(21(33)34)23(2,3)36-20(14)28;/h5-9,13-15,20H,4,10-11H2,1-3H3,(H,24,29)(H,25,35)(H,33,34);/q;+1/p-1/t13-,14+,15-,20-;/m1./s1. The van der Waals surface area contributed by atoms with Crippen molar-refractivity contribution in [2.24, 2.45) is 0 Å². The van der Waals surface area contributed by atoms with Crippen LogP contribution in [0.1, 0.15) is 32.4 Å². The summed E-state index contributed by atoms with van der Waals surface area (Å²) >= 11 is 1.24. The molecule has 0 radical (unpaired) electrons. The fourth-order valence-electron chi connectivity index (χ4n) is 4.68. The minimum Gasteiger partial charge on any atom is -0.548 e. The van der Waals surface area contributed by atoms with Crippen LogP contribution in [0.2, 0.25) is 0 Å². The number of carbonyl (C=O) groups is 6. The predicted molar refractivity (Wildman–Crippen MR) is 125 cm³/mol. The van der Waals surface area contributed by atoms with Gasteiger partial charge in [-0.15, -0.1) is 11.8 Å². The molecule has 3 aliphatic rings. The molecule has 1 aromatic rings. The maximum atomic E-state index is 13.3. The van der Waals surface area contributed by atoms with Crippen LogP contribution in [0.25, 0.3) is 0 Å². The summed E-state index contributed by atoms with van der Waals surface area (Å²) in [6.45, 7) is 5.58. The van der Waals surface area contributed by atoms with Gasteiger partial charge >= 0.3 is 47.4 Å². The van der Waals surface area contributed by atoms with Gasteiger partial charge in [-0.3, -0.25) is 24.1 Å². The molecule has 2 N–H and O–H groups in total. The van der Waals surface area contributed by atoms with Crippen molar-refractivity contribution >= 4 is 47.4 Å². The fourth-order valence-corrected chi connectivity index (χ4v) is 6.30. The molecule has 3 heterocycles. The molecule has 1 aromatic carbocycles. The normalized spacial score (nSPS) is 25.0. The first-order valence-electron chi connectivity index (χ1n) is 11.5. The summed E-state index contributed by atoms with van der Waals surface area (Å²) in [6, 6.07) is 3.92. The number of fused-ring (bicyclic) bond motifs is 1. The fraction of sp³-hybridized carbons (Fsp3) is 0.478. The molecule has 12 nitrogen and oxygen atoms in total. The summed E-state index contributed by atoms with van der Waals surface area (Å²) in [5.41, 5.74) is 0.393. The summed E-state index contributed by atoms with van der Waals surface area (Å²) in [4.78, 5) is 78.6. The number of nitrogens with one attached hydrogen (secondary N) is 2. The number of likely N-dealkylation sites (N-methyl/N-ethyl adjacent to an activating group) is 1. The zero-order chi connectivity index (χ0) is 26.4. The van der Waals surface area contributed by atoms with E-state index in [1.807, 2.05) is 0 Å². The van der Waals surface area contributed by atoms with E-state index in [1.54, 1.807) is 51.1 Å². The van der Waals surface area contributed by atoms with Gasteiger partial charge in [0.25, 0.3) is 0 Å². The van der Waals surface area contributed by atoms with Crippen LogP contribution in [-0.2, 0) is 24.0 Å². The van der Waals surface area contributed by atoms with Crippen LogP contribution in [0.4, 0.5) is 4.79 Å². The van der Waals surface area contributed by atoms with Crippen LogP contribution in [0.5, 0.6) is 0 Å². The molecule has 192 valence electrons. The van der Waals surface area contributed by atoms with E-state index in [0.717, 1.165) is 4.90 Å². The molecule has 3 saturated heterocycles. The van der Waals surface area contributed by atoms with Crippen molar-refractivity contribution in [1.82, 2.24) is 25.3 Å². The number of carboxylic acids is 1. The van der Waals surface area contributed by atoms with Gasteiger partial charge < -0.3 is 30.3 Å². The molecule has 37 heavy (non-hydrogen) atoms. The van der Waals surface area contributed by atoms with E-state index in [1.165, 1.54) is 21.6 Å². The Balaban J connectivity index is 0.00000380. The Morgan fingerprint density at radius 3 is 2.35 bits per heavy atom. The quantitative estimate of drug-likeness (QED) is 0.208. The number of piperazine rings is 1. The van der Waals surface area contributed by atoms with E-state index in [9.17, 15) is 33.9 Å². The maximum Gasteiger partial charge on any atom is 1.00 e. The molecule has 4 atom stereocenters. The molecule has 14 heteroatoms. The van der Waals surface area contributed by atoms with Gasteiger partial charge in [0.2, 0.25) is 11.8 Å². The number of imide groups is 1. The van der Waals surface area contributed by atoms with Gasteiger partial charge in [-0.05, 0) is 26.3 Å². The van der Waals surface area contributed by atoms with Gasteiger partial charge in [0.15, 0.2) is 0 Å². The zero-order valence-corrected chi connectivity index (χ0v) is 23.7. The number of carboxylic acid groups (broad SMARTS) is 1. The summed E-state index contributed by atoms with van der Waals surface area (Å²) in [5, 5.41) is 16.1. The largest absolute Gasteiger partial charge is 1.00 e. The number of benzene rings is 1. The van der Waals surface area contributed by atoms with E-state index in [4.69, 9.17) is 0 Å². The summed E-state index contributed by atoms with van der Waals surface area (Å²) in [5.74, 6) is -4.44. The Morgan fingerprint density at radius 1 is 1.11 bits per heavy atom. The Labute approximate surface area is 239 Å². The number of thioether (sulfide) groups is 1. The van der Waals surface area contributed by atoms with Gasteiger partial charge in [0.1, 0.15) is 17.5 Å². The van der Waals surface area contributed by atoms with Crippen molar-refractivity contribution < 1.29 is 63.4 Å². The Bertz CT molecular complexity index is 1130. The zero-order valence-electron chi connectivity index (χ0n) is 20.9. The number of amides is 6.